The zero-order valence-electron chi connectivity index (χ0n) is 22.3. The third kappa shape index (κ3) is 3.78. The first kappa shape index (κ1) is 24.6. The van der Waals surface area contributed by atoms with Gasteiger partial charge >= 0.3 is 0 Å². The summed E-state index contributed by atoms with van der Waals surface area (Å²) in [6.45, 7) is 10.1. The molecule has 2 aromatic heterocycles. The fourth-order valence-corrected chi connectivity index (χ4v) is 5.95. The Kier molecular flexibility index (Phi) is 5.95. The van der Waals surface area contributed by atoms with Crippen LogP contribution >= 0.6 is 0 Å². The molecule has 0 saturated heterocycles. The van der Waals surface area contributed by atoms with Gasteiger partial charge in [-0.25, -0.2) is 13.5 Å². The van der Waals surface area contributed by atoms with Gasteiger partial charge in [0.25, 0.3) is 0 Å². The third-order valence-corrected chi connectivity index (χ3v) is 8.09. The number of fused-ring (bicyclic) bond motifs is 2. The molecule has 0 spiro atoms. The molecule has 6 heteroatoms. The lowest BCUT2D eigenvalue weighted by molar-refractivity contribution is 0.123. The van der Waals surface area contributed by atoms with Crippen molar-refractivity contribution in [3.63, 3.8) is 0 Å². The summed E-state index contributed by atoms with van der Waals surface area (Å²) in [6.07, 6.45) is 3.56. The number of halogens is 2. The van der Waals surface area contributed by atoms with E-state index in [9.17, 15) is 8.78 Å². The molecule has 194 valence electrons. The fourth-order valence-electron chi connectivity index (χ4n) is 5.95. The molecule has 1 aliphatic heterocycles. The van der Waals surface area contributed by atoms with Crippen LogP contribution in [0.15, 0.2) is 66.9 Å². The second kappa shape index (κ2) is 9.21. The van der Waals surface area contributed by atoms with Crippen LogP contribution in [0.25, 0.3) is 27.8 Å². The molecule has 0 unspecified atom stereocenters. The number of hydrogen-bond donors (Lipinski definition) is 1. The minimum absolute atomic E-state index is 0.232. The molecule has 6 rings (SSSR count). The number of H-pyrrole nitrogens is 1. The van der Waals surface area contributed by atoms with E-state index in [-0.39, 0.29) is 17.2 Å². The maximum atomic E-state index is 14.7. The molecule has 4 nitrogen and oxygen atoms in total. The molecule has 0 radical (unpaired) electrons. The Morgan fingerprint density at radius 2 is 1.63 bits per heavy atom. The fraction of sp³-hybridized carbons (Fsp3) is 0.281. The lowest BCUT2D eigenvalue weighted by Crippen LogP contribution is -2.35. The summed E-state index contributed by atoms with van der Waals surface area (Å²) in [5.74, 6) is -0.498. The summed E-state index contributed by atoms with van der Waals surface area (Å²) >= 11 is 0. The number of para-hydroxylation sites is 1. The second-order valence-corrected chi connectivity index (χ2v) is 10.6. The van der Waals surface area contributed by atoms with Crippen molar-refractivity contribution in [2.24, 2.45) is 0 Å². The lowest BCUT2D eigenvalue weighted by Gasteiger charge is -2.32. The summed E-state index contributed by atoms with van der Waals surface area (Å²) < 4.78 is 30.4. The number of benzene rings is 3. The van der Waals surface area contributed by atoms with E-state index in [0.717, 1.165) is 52.0 Å². The van der Waals surface area contributed by atoms with Crippen LogP contribution in [0.5, 0.6) is 0 Å². The molecule has 0 atom stereocenters. The highest BCUT2D eigenvalue weighted by atomic mass is 19.1. The van der Waals surface area contributed by atoms with Crippen molar-refractivity contribution in [2.75, 3.05) is 0 Å². The van der Waals surface area contributed by atoms with Gasteiger partial charge < -0.3 is 4.98 Å². The van der Waals surface area contributed by atoms with Crippen molar-refractivity contribution >= 4 is 10.9 Å². The third-order valence-electron chi connectivity index (χ3n) is 8.09. The van der Waals surface area contributed by atoms with Gasteiger partial charge in [0.1, 0.15) is 11.6 Å². The quantitative estimate of drug-likeness (QED) is 0.254. The van der Waals surface area contributed by atoms with Gasteiger partial charge in [-0.2, -0.15) is 5.10 Å². The monoisotopic (exact) mass is 510 g/mol. The van der Waals surface area contributed by atoms with Gasteiger partial charge in [0.05, 0.1) is 28.1 Å². The van der Waals surface area contributed by atoms with Crippen molar-refractivity contribution in [3.8, 4) is 16.9 Å². The van der Waals surface area contributed by atoms with Crippen LogP contribution in [0.3, 0.4) is 0 Å². The number of aryl methyl sites for hydroxylation is 2. The van der Waals surface area contributed by atoms with Gasteiger partial charge in [-0.05, 0) is 73.7 Å². The van der Waals surface area contributed by atoms with Crippen LogP contribution in [-0.4, -0.2) is 19.7 Å². The highest BCUT2D eigenvalue weighted by Gasteiger charge is 2.43. The maximum Gasteiger partial charge on any atom is 0.147 e. The van der Waals surface area contributed by atoms with Crippen LogP contribution in [0.1, 0.15) is 55.6 Å². The molecule has 1 aliphatic rings. The molecule has 0 aliphatic carbocycles. The molecule has 38 heavy (non-hydrogen) atoms. The molecular formula is C32H32F2N4. The Hall–Kier alpha value is -3.77. The first-order valence-corrected chi connectivity index (χ1v) is 13.3. The van der Waals surface area contributed by atoms with E-state index >= 15 is 0 Å². The molecular weight excluding hydrogens is 478 g/mol. The Labute approximate surface area is 221 Å². The summed E-state index contributed by atoms with van der Waals surface area (Å²) in [5.41, 5.74) is 8.95. The van der Waals surface area contributed by atoms with Crippen molar-refractivity contribution < 1.29 is 8.78 Å². The summed E-state index contributed by atoms with van der Waals surface area (Å²) in [4.78, 5) is 5.46. The maximum absolute atomic E-state index is 14.7. The molecule has 3 heterocycles. The molecule has 0 saturated carbocycles. The van der Waals surface area contributed by atoms with E-state index in [2.05, 4.69) is 60.5 Å². The predicted molar refractivity (Wildman–Crippen MR) is 148 cm³/mol. The van der Waals surface area contributed by atoms with Gasteiger partial charge in [-0.1, -0.05) is 44.2 Å². The van der Waals surface area contributed by atoms with Crippen LogP contribution in [-0.2, 0) is 31.5 Å². The minimum Gasteiger partial charge on any atom is -0.359 e. The number of aromatic amines is 1. The normalized spacial score (nSPS) is 14.9. The number of aromatic nitrogens is 3. The number of nitrogens with zero attached hydrogens (tertiary/aromatic N) is 3. The molecule has 1 N–H and O–H groups in total. The van der Waals surface area contributed by atoms with Crippen LogP contribution in [0.2, 0.25) is 0 Å². The molecule has 0 bridgehead atoms. The average molecular weight is 511 g/mol. The summed E-state index contributed by atoms with van der Waals surface area (Å²) in [6, 6.07) is 18.6. The average Bonchev–Trinajstić information content (AvgIpc) is 3.61. The van der Waals surface area contributed by atoms with Gasteiger partial charge in [-0.3, -0.25) is 4.90 Å². The number of hydrogen-bond acceptors (Lipinski definition) is 2. The van der Waals surface area contributed by atoms with Crippen molar-refractivity contribution in [1.82, 2.24) is 19.7 Å². The lowest BCUT2D eigenvalue weighted by atomic mass is 9.97. The van der Waals surface area contributed by atoms with E-state index in [1.165, 1.54) is 23.3 Å². The molecule has 0 amide bonds. The van der Waals surface area contributed by atoms with E-state index in [1.807, 2.05) is 24.3 Å². The number of nitrogens with one attached hydrogen (secondary N) is 1. The first-order valence-electron chi connectivity index (χ1n) is 13.3. The summed E-state index contributed by atoms with van der Waals surface area (Å²) in [5, 5.41) is 6.18. The predicted octanol–water partition coefficient (Wildman–Crippen LogP) is 7.67. The Morgan fingerprint density at radius 3 is 2.32 bits per heavy atom. The standard InChI is InChI=1S/C32H32F2N4/c1-5-21-8-7-9-22(6-2)29(21)38-30(25-14-15-27(34)28-24(25)16-17-35-28)26-19-37(32(3,4)31(26)36-38)18-20-10-12-23(33)13-11-20/h7-17,35H,5-6,18-19H2,1-4H3. The highest BCUT2D eigenvalue weighted by molar-refractivity contribution is 5.96. The SMILES string of the molecule is CCc1cccc(CC)c1-n1nc2c(c1-c1ccc(F)c3[nH]ccc13)CN(Cc1ccc(F)cc1)C2(C)C. The first-order chi connectivity index (χ1) is 18.3. The Morgan fingerprint density at radius 1 is 0.921 bits per heavy atom. The van der Waals surface area contributed by atoms with Gasteiger partial charge in [-0.15, -0.1) is 0 Å². The van der Waals surface area contributed by atoms with E-state index < -0.39 is 0 Å². The zero-order valence-corrected chi connectivity index (χ0v) is 22.3. The van der Waals surface area contributed by atoms with Crippen molar-refractivity contribution in [3.05, 3.63) is 106 Å². The van der Waals surface area contributed by atoms with Gasteiger partial charge in [0.2, 0.25) is 0 Å². The van der Waals surface area contributed by atoms with E-state index in [4.69, 9.17) is 5.10 Å². The van der Waals surface area contributed by atoms with Gasteiger partial charge in [0.15, 0.2) is 0 Å². The Balaban J connectivity index is 1.59. The van der Waals surface area contributed by atoms with E-state index in [0.29, 0.717) is 18.6 Å². The largest absolute Gasteiger partial charge is 0.359 e. The van der Waals surface area contributed by atoms with Crippen LogP contribution < -0.4 is 0 Å². The van der Waals surface area contributed by atoms with Crippen molar-refractivity contribution in [1.29, 1.82) is 0 Å². The van der Waals surface area contributed by atoms with E-state index in [1.54, 1.807) is 12.3 Å². The highest BCUT2D eigenvalue weighted by Crippen LogP contribution is 2.46. The van der Waals surface area contributed by atoms with Crippen molar-refractivity contribution in [2.45, 2.75) is 59.2 Å². The minimum atomic E-state index is -0.353. The summed E-state index contributed by atoms with van der Waals surface area (Å²) in [7, 11) is 0. The zero-order chi connectivity index (χ0) is 26.6. The van der Waals surface area contributed by atoms with Crippen LogP contribution in [0, 0.1) is 11.6 Å². The van der Waals surface area contributed by atoms with Gasteiger partial charge in [0, 0.05) is 35.8 Å². The molecule has 3 aromatic carbocycles. The molecule has 0 fully saturated rings. The van der Waals surface area contributed by atoms with Crippen LogP contribution in [0.4, 0.5) is 8.78 Å². The second-order valence-electron chi connectivity index (χ2n) is 10.6. The Bertz CT molecular complexity index is 1620. The number of rotatable bonds is 6. The topological polar surface area (TPSA) is 36.9 Å². The molecule has 5 aromatic rings. The smallest absolute Gasteiger partial charge is 0.147 e.